The Kier molecular flexibility index (Phi) is 4.50. The standard InChI is InChI=1S/C9H6Cl2F2O4/c10-4-2-5(11)6(17-9(12)13)1-3(4)7(14)8(15)16/h1-2,7,9,14H,(H,15,16)/t7-/m1/s1. The normalized spacial score (nSPS) is 12.6. The number of hydrogen-bond donors (Lipinski definition) is 2. The van der Waals surface area contributed by atoms with Crippen molar-refractivity contribution < 1.29 is 28.5 Å². The molecule has 0 spiro atoms. The maximum atomic E-state index is 12.0. The molecule has 1 rings (SSSR count). The lowest BCUT2D eigenvalue weighted by Gasteiger charge is -2.12. The van der Waals surface area contributed by atoms with Gasteiger partial charge in [-0.2, -0.15) is 8.78 Å². The number of hydrogen-bond acceptors (Lipinski definition) is 3. The first-order valence-electron chi connectivity index (χ1n) is 4.17. The van der Waals surface area contributed by atoms with Gasteiger partial charge >= 0.3 is 12.6 Å². The van der Waals surface area contributed by atoms with E-state index in [1.165, 1.54) is 0 Å². The van der Waals surface area contributed by atoms with Crippen molar-refractivity contribution in [2.45, 2.75) is 12.7 Å². The van der Waals surface area contributed by atoms with Gasteiger partial charge in [-0.05, 0) is 12.1 Å². The molecular weight excluding hydrogens is 281 g/mol. The Hall–Kier alpha value is -1.11. The molecule has 0 bridgehead atoms. The highest BCUT2D eigenvalue weighted by molar-refractivity contribution is 6.36. The zero-order valence-electron chi connectivity index (χ0n) is 8.03. The van der Waals surface area contributed by atoms with Gasteiger partial charge in [0.1, 0.15) is 5.75 Å². The van der Waals surface area contributed by atoms with Gasteiger partial charge in [-0.3, -0.25) is 0 Å². The van der Waals surface area contributed by atoms with Crippen molar-refractivity contribution in [2.24, 2.45) is 0 Å². The Bertz CT molecular complexity index is 439. The number of aliphatic hydroxyl groups excluding tert-OH is 1. The molecular formula is C9H6Cl2F2O4. The van der Waals surface area contributed by atoms with Crippen LogP contribution in [-0.4, -0.2) is 22.8 Å². The molecule has 0 radical (unpaired) electrons. The van der Waals surface area contributed by atoms with Gasteiger partial charge in [0.05, 0.1) is 5.02 Å². The first-order chi connectivity index (χ1) is 7.82. The summed E-state index contributed by atoms with van der Waals surface area (Å²) in [6.07, 6.45) is -1.94. The minimum absolute atomic E-state index is 0.161. The maximum absolute atomic E-state index is 12.0. The van der Waals surface area contributed by atoms with E-state index in [4.69, 9.17) is 28.3 Å². The second kappa shape index (κ2) is 5.48. The maximum Gasteiger partial charge on any atom is 0.387 e. The molecule has 0 heterocycles. The Morgan fingerprint density at radius 3 is 2.35 bits per heavy atom. The van der Waals surface area contributed by atoms with Crippen LogP contribution in [0.2, 0.25) is 10.0 Å². The number of carboxylic acids is 1. The minimum Gasteiger partial charge on any atom is -0.479 e. The van der Waals surface area contributed by atoms with E-state index in [0.29, 0.717) is 0 Å². The lowest BCUT2D eigenvalue weighted by Crippen LogP contribution is -2.12. The average Bonchev–Trinajstić information content (AvgIpc) is 2.20. The molecule has 8 heteroatoms. The van der Waals surface area contributed by atoms with Gasteiger partial charge in [-0.25, -0.2) is 4.79 Å². The zero-order valence-corrected chi connectivity index (χ0v) is 9.54. The number of aliphatic carboxylic acids is 1. The van der Waals surface area contributed by atoms with Crippen LogP contribution >= 0.6 is 23.2 Å². The predicted molar refractivity (Wildman–Crippen MR) is 55.7 cm³/mol. The first kappa shape index (κ1) is 14.0. The van der Waals surface area contributed by atoms with Crippen molar-refractivity contribution in [2.75, 3.05) is 0 Å². The highest BCUT2D eigenvalue weighted by Gasteiger charge is 2.22. The summed E-state index contributed by atoms with van der Waals surface area (Å²) in [4.78, 5) is 10.5. The topological polar surface area (TPSA) is 66.8 Å². The number of aliphatic hydroxyl groups is 1. The van der Waals surface area contributed by atoms with Crippen molar-refractivity contribution in [1.82, 2.24) is 0 Å². The summed E-state index contributed by atoms with van der Waals surface area (Å²) in [5, 5.41) is 17.5. The van der Waals surface area contributed by atoms with Gasteiger partial charge < -0.3 is 14.9 Å². The van der Waals surface area contributed by atoms with Crippen LogP contribution in [0.3, 0.4) is 0 Å². The van der Waals surface area contributed by atoms with Crippen molar-refractivity contribution in [3.8, 4) is 5.75 Å². The third-order valence-electron chi connectivity index (χ3n) is 1.80. The number of benzene rings is 1. The molecule has 4 nitrogen and oxygen atoms in total. The second-order valence-electron chi connectivity index (χ2n) is 2.92. The van der Waals surface area contributed by atoms with Gasteiger partial charge in [0.25, 0.3) is 0 Å². The third-order valence-corrected chi connectivity index (χ3v) is 2.42. The SMILES string of the molecule is O=C(O)[C@H](O)c1cc(OC(F)F)c(Cl)cc1Cl. The van der Waals surface area contributed by atoms with Crippen molar-refractivity contribution >= 4 is 29.2 Å². The van der Waals surface area contributed by atoms with Gasteiger partial charge in [0, 0.05) is 10.6 Å². The van der Waals surface area contributed by atoms with Gasteiger partial charge in [0.2, 0.25) is 0 Å². The molecule has 0 aliphatic heterocycles. The molecule has 0 aliphatic carbocycles. The number of alkyl halides is 2. The van der Waals surface area contributed by atoms with Gasteiger partial charge in [0.15, 0.2) is 6.10 Å². The summed E-state index contributed by atoms with van der Waals surface area (Å²) in [6.45, 7) is -3.12. The summed E-state index contributed by atoms with van der Waals surface area (Å²) >= 11 is 11.2. The third kappa shape index (κ3) is 3.42. The number of rotatable bonds is 4. The molecule has 1 aromatic carbocycles. The highest BCUT2D eigenvalue weighted by Crippen LogP contribution is 2.34. The fourth-order valence-corrected chi connectivity index (χ4v) is 1.60. The largest absolute Gasteiger partial charge is 0.479 e. The van der Waals surface area contributed by atoms with E-state index < -0.39 is 24.4 Å². The molecule has 1 atom stereocenters. The van der Waals surface area contributed by atoms with Crippen LogP contribution in [0.5, 0.6) is 5.75 Å². The average molecular weight is 287 g/mol. The van der Waals surface area contributed by atoms with Gasteiger partial charge in [-0.15, -0.1) is 0 Å². The number of carbonyl (C=O) groups is 1. The quantitative estimate of drug-likeness (QED) is 0.893. The molecule has 0 aliphatic rings. The lowest BCUT2D eigenvalue weighted by molar-refractivity contribution is -0.146. The summed E-state index contributed by atoms with van der Waals surface area (Å²) in [6, 6.07) is 1.87. The summed E-state index contributed by atoms with van der Waals surface area (Å²) in [5.74, 6) is -2.03. The molecule has 2 N–H and O–H groups in total. The second-order valence-corrected chi connectivity index (χ2v) is 3.74. The Morgan fingerprint density at radius 2 is 1.88 bits per heavy atom. The van der Waals surface area contributed by atoms with Crippen LogP contribution in [0.1, 0.15) is 11.7 Å². The van der Waals surface area contributed by atoms with Crippen LogP contribution in [0.4, 0.5) is 8.78 Å². The van der Waals surface area contributed by atoms with E-state index >= 15 is 0 Å². The summed E-state index contributed by atoms with van der Waals surface area (Å²) in [7, 11) is 0. The molecule has 0 saturated heterocycles. The van der Waals surface area contributed by atoms with E-state index in [2.05, 4.69) is 4.74 Å². The molecule has 0 aromatic heterocycles. The number of halogens is 4. The zero-order chi connectivity index (χ0) is 13.2. The van der Waals surface area contributed by atoms with Crippen LogP contribution in [0.15, 0.2) is 12.1 Å². The Morgan fingerprint density at radius 1 is 1.29 bits per heavy atom. The van der Waals surface area contributed by atoms with Gasteiger partial charge in [-0.1, -0.05) is 23.2 Å². The fraction of sp³-hybridized carbons (Fsp3) is 0.222. The summed E-state index contributed by atoms with van der Waals surface area (Å²) in [5.41, 5.74) is -0.279. The molecule has 0 fully saturated rings. The monoisotopic (exact) mass is 286 g/mol. The van der Waals surface area contributed by atoms with E-state index in [9.17, 15) is 18.7 Å². The van der Waals surface area contributed by atoms with Crippen molar-refractivity contribution in [3.63, 3.8) is 0 Å². The van der Waals surface area contributed by atoms with E-state index in [0.717, 1.165) is 12.1 Å². The number of carboxylic acid groups (broad SMARTS) is 1. The molecule has 94 valence electrons. The smallest absolute Gasteiger partial charge is 0.387 e. The Balaban J connectivity index is 3.18. The number of ether oxygens (including phenoxy) is 1. The molecule has 0 amide bonds. The summed E-state index contributed by atoms with van der Waals surface area (Å²) < 4.78 is 28.0. The Labute approximate surface area is 104 Å². The molecule has 0 unspecified atom stereocenters. The first-order valence-corrected chi connectivity index (χ1v) is 4.93. The van der Waals surface area contributed by atoms with Crippen LogP contribution < -0.4 is 4.74 Å². The predicted octanol–water partition coefficient (Wildman–Crippen LogP) is 2.71. The van der Waals surface area contributed by atoms with Crippen LogP contribution in [-0.2, 0) is 4.79 Å². The highest BCUT2D eigenvalue weighted by atomic mass is 35.5. The van der Waals surface area contributed by atoms with Crippen molar-refractivity contribution in [1.29, 1.82) is 0 Å². The minimum atomic E-state index is -3.12. The van der Waals surface area contributed by atoms with E-state index in [1.807, 2.05) is 0 Å². The van der Waals surface area contributed by atoms with E-state index in [1.54, 1.807) is 0 Å². The fourth-order valence-electron chi connectivity index (χ4n) is 1.07. The lowest BCUT2D eigenvalue weighted by atomic mass is 10.1. The molecule has 0 saturated carbocycles. The van der Waals surface area contributed by atoms with Crippen LogP contribution in [0.25, 0.3) is 0 Å². The van der Waals surface area contributed by atoms with Crippen LogP contribution in [0, 0.1) is 0 Å². The van der Waals surface area contributed by atoms with E-state index in [-0.39, 0.29) is 15.6 Å². The van der Waals surface area contributed by atoms with Crippen molar-refractivity contribution in [3.05, 3.63) is 27.7 Å². The molecule has 17 heavy (non-hydrogen) atoms. The molecule has 1 aromatic rings.